The Morgan fingerprint density at radius 1 is 0.789 bits per heavy atom. The van der Waals surface area contributed by atoms with E-state index in [4.69, 9.17) is 0 Å². The molecule has 2 N–H and O–H groups in total. The lowest BCUT2D eigenvalue weighted by Gasteiger charge is -2.39. The number of aryl methyl sites for hydroxylation is 1. The van der Waals surface area contributed by atoms with Crippen molar-refractivity contribution in [1.29, 1.82) is 0 Å². The molecule has 0 saturated carbocycles. The Hall–Kier alpha value is -4.01. The van der Waals surface area contributed by atoms with E-state index >= 15 is 0 Å². The van der Waals surface area contributed by atoms with Crippen LogP contribution in [0.5, 0.6) is 0 Å². The van der Waals surface area contributed by atoms with Crippen molar-refractivity contribution >= 4 is 34.1 Å². The van der Waals surface area contributed by atoms with Crippen molar-refractivity contribution in [1.82, 2.24) is 14.8 Å². The molecule has 194 valence electrons. The van der Waals surface area contributed by atoms with Gasteiger partial charge in [0.2, 0.25) is 5.91 Å². The number of rotatable bonds is 8. The summed E-state index contributed by atoms with van der Waals surface area (Å²) in [6.45, 7) is 3.06. The lowest BCUT2D eigenvalue weighted by Crippen LogP contribution is -2.49. The molecule has 0 atom stereocenters. The highest BCUT2D eigenvalue weighted by atomic mass is 32.1. The van der Waals surface area contributed by atoms with E-state index in [1.54, 1.807) is 0 Å². The van der Waals surface area contributed by atoms with Crippen molar-refractivity contribution in [2.45, 2.75) is 18.9 Å². The quantitative estimate of drug-likeness (QED) is 0.312. The highest BCUT2D eigenvalue weighted by Gasteiger charge is 2.28. The molecule has 1 fully saturated rings. The molecule has 4 aromatic rings. The van der Waals surface area contributed by atoms with E-state index in [0.29, 0.717) is 36.8 Å². The monoisotopic (exact) mass is 525 g/mol. The van der Waals surface area contributed by atoms with Crippen LogP contribution in [0.2, 0.25) is 0 Å². The van der Waals surface area contributed by atoms with Crippen molar-refractivity contribution in [2.75, 3.05) is 36.8 Å². The molecule has 3 aromatic carbocycles. The van der Waals surface area contributed by atoms with Crippen molar-refractivity contribution < 1.29 is 9.59 Å². The minimum Gasteiger partial charge on any atom is -0.340 e. The Labute approximate surface area is 227 Å². The topological polar surface area (TPSA) is 77.6 Å². The Morgan fingerprint density at radius 2 is 1.37 bits per heavy atom. The van der Waals surface area contributed by atoms with E-state index in [1.165, 1.54) is 22.5 Å². The van der Waals surface area contributed by atoms with Gasteiger partial charge in [0.05, 0.1) is 11.7 Å². The summed E-state index contributed by atoms with van der Waals surface area (Å²) in [7, 11) is 0. The van der Waals surface area contributed by atoms with Gasteiger partial charge in [-0.3, -0.25) is 15.0 Å². The van der Waals surface area contributed by atoms with E-state index in [1.807, 2.05) is 52.7 Å². The molecule has 38 heavy (non-hydrogen) atoms. The third-order valence-corrected chi connectivity index (χ3v) is 7.47. The summed E-state index contributed by atoms with van der Waals surface area (Å²) in [5.41, 5.74) is 4.06. The predicted octanol–water partition coefficient (Wildman–Crippen LogP) is 5.65. The molecule has 1 saturated heterocycles. The summed E-state index contributed by atoms with van der Waals surface area (Å²) in [5, 5.41) is 7.95. The van der Waals surface area contributed by atoms with Crippen LogP contribution >= 0.6 is 11.3 Å². The second-order valence-electron chi connectivity index (χ2n) is 9.23. The summed E-state index contributed by atoms with van der Waals surface area (Å²) >= 11 is 1.36. The maximum atomic E-state index is 13.0. The number of hydrogen-bond donors (Lipinski definition) is 2. The molecule has 8 heteroatoms. The molecule has 1 aliphatic rings. The Balaban J connectivity index is 1.11. The largest absolute Gasteiger partial charge is 0.340 e. The predicted molar refractivity (Wildman–Crippen MR) is 152 cm³/mol. The van der Waals surface area contributed by atoms with Crippen LogP contribution in [0, 0.1) is 0 Å². The molecule has 1 aliphatic heterocycles. The number of para-hydroxylation sites is 1. The molecule has 0 radical (unpaired) electrons. The van der Waals surface area contributed by atoms with Crippen molar-refractivity contribution in [3.63, 3.8) is 0 Å². The van der Waals surface area contributed by atoms with Gasteiger partial charge in [-0.2, -0.15) is 0 Å². The number of thiazole rings is 1. The number of carbonyl (C=O) groups is 2. The number of amides is 3. The van der Waals surface area contributed by atoms with Crippen LogP contribution in [-0.4, -0.2) is 52.9 Å². The number of hydrogen-bond acceptors (Lipinski definition) is 5. The van der Waals surface area contributed by atoms with Gasteiger partial charge in [0.25, 0.3) is 0 Å². The van der Waals surface area contributed by atoms with Gasteiger partial charge in [0.1, 0.15) is 0 Å². The fraction of sp³-hybridized carbons (Fsp3) is 0.233. The first-order valence-corrected chi connectivity index (χ1v) is 13.7. The molecular weight excluding hydrogens is 494 g/mol. The zero-order chi connectivity index (χ0) is 26.2. The van der Waals surface area contributed by atoms with Gasteiger partial charge < -0.3 is 10.2 Å². The smallest absolute Gasteiger partial charge is 0.325 e. The van der Waals surface area contributed by atoms with Gasteiger partial charge >= 0.3 is 6.03 Å². The maximum absolute atomic E-state index is 13.0. The van der Waals surface area contributed by atoms with Crippen LogP contribution in [0.1, 0.15) is 29.3 Å². The minimum atomic E-state index is -0.338. The number of benzene rings is 3. The van der Waals surface area contributed by atoms with Gasteiger partial charge in [-0.25, -0.2) is 9.78 Å². The summed E-state index contributed by atoms with van der Waals surface area (Å²) in [4.78, 5) is 34.1. The van der Waals surface area contributed by atoms with E-state index in [0.717, 1.165) is 18.8 Å². The van der Waals surface area contributed by atoms with E-state index in [9.17, 15) is 9.59 Å². The summed E-state index contributed by atoms with van der Waals surface area (Å²) in [6.07, 6.45) is 0.953. The van der Waals surface area contributed by atoms with Crippen LogP contribution < -0.4 is 10.6 Å². The van der Waals surface area contributed by atoms with Crippen LogP contribution in [0.4, 0.5) is 15.6 Å². The number of piperazine rings is 1. The molecule has 0 bridgehead atoms. The summed E-state index contributed by atoms with van der Waals surface area (Å²) < 4.78 is 0. The molecule has 0 aliphatic carbocycles. The average Bonchev–Trinajstić information content (AvgIpc) is 3.41. The van der Waals surface area contributed by atoms with Crippen molar-refractivity contribution in [3.8, 4) is 0 Å². The van der Waals surface area contributed by atoms with Gasteiger partial charge in [-0.1, -0.05) is 78.9 Å². The lowest BCUT2D eigenvalue weighted by atomic mass is 9.96. The average molecular weight is 526 g/mol. The zero-order valence-electron chi connectivity index (χ0n) is 21.1. The first-order chi connectivity index (χ1) is 18.7. The van der Waals surface area contributed by atoms with Crippen molar-refractivity contribution in [2.24, 2.45) is 0 Å². The fourth-order valence-electron chi connectivity index (χ4n) is 4.77. The summed E-state index contributed by atoms with van der Waals surface area (Å²) in [6, 6.07) is 30.2. The van der Waals surface area contributed by atoms with Gasteiger partial charge in [0, 0.05) is 43.7 Å². The highest BCUT2D eigenvalue weighted by molar-refractivity contribution is 7.13. The van der Waals surface area contributed by atoms with Gasteiger partial charge in [-0.15, -0.1) is 11.3 Å². The Kier molecular flexibility index (Phi) is 8.42. The van der Waals surface area contributed by atoms with Crippen LogP contribution in [0.15, 0.2) is 96.4 Å². The number of nitrogens with zero attached hydrogens (tertiary/aromatic N) is 3. The molecule has 0 spiro atoms. The number of anilines is 2. The standard InChI is InChI=1S/C30H31N5O2S/c36-27(17-16-26-22-38-30(32-26)33-29(37)31-25-14-8-3-9-15-25)34-18-20-35(21-19-34)28(23-10-4-1-5-11-23)24-12-6-2-7-13-24/h1-15,22,28H,16-21H2,(H2,31,32,33,37). The Morgan fingerprint density at radius 3 is 1.97 bits per heavy atom. The van der Waals surface area contributed by atoms with Crippen LogP contribution in [-0.2, 0) is 11.2 Å². The summed E-state index contributed by atoms with van der Waals surface area (Å²) in [5.74, 6) is 0.143. The second kappa shape index (κ2) is 12.5. The zero-order valence-corrected chi connectivity index (χ0v) is 21.9. The minimum absolute atomic E-state index is 0.143. The molecule has 2 heterocycles. The van der Waals surface area contributed by atoms with E-state index in [2.05, 4.69) is 69.0 Å². The molecule has 3 amide bonds. The lowest BCUT2D eigenvalue weighted by molar-refractivity contribution is -0.133. The fourth-order valence-corrected chi connectivity index (χ4v) is 5.51. The van der Waals surface area contributed by atoms with Crippen molar-refractivity contribution in [3.05, 3.63) is 113 Å². The normalized spacial score (nSPS) is 13.9. The maximum Gasteiger partial charge on any atom is 0.325 e. The molecule has 0 unspecified atom stereocenters. The van der Waals surface area contributed by atoms with E-state index in [-0.39, 0.29) is 18.0 Å². The number of urea groups is 1. The molecule has 1 aromatic heterocycles. The highest BCUT2D eigenvalue weighted by Crippen LogP contribution is 2.29. The third kappa shape index (κ3) is 6.65. The number of carbonyl (C=O) groups excluding carboxylic acids is 2. The first-order valence-electron chi connectivity index (χ1n) is 12.8. The molecule has 5 rings (SSSR count). The molecule has 7 nitrogen and oxygen atoms in total. The first kappa shape index (κ1) is 25.6. The number of nitrogens with one attached hydrogen (secondary N) is 2. The van der Waals surface area contributed by atoms with Crippen LogP contribution in [0.25, 0.3) is 0 Å². The Bertz CT molecular complexity index is 1280. The molecular formula is C30H31N5O2S. The third-order valence-electron chi connectivity index (χ3n) is 6.66. The second-order valence-corrected chi connectivity index (χ2v) is 10.1. The van der Waals surface area contributed by atoms with Gasteiger partial charge in [0.15, 0.2) is 5.13 Å². The number of aromatic nitrogens is 1. The van der Waals surface area contributed by atoms with Crippen LogP contribution in [0.3, 0.4) is 0 Å². The van der Waals surface area contributed by atoms with E-state index < -0.39 is 0 Å². The SMILES string of the molecule is O=C(Nc1ccccc1)Nc1nc(CCC(=O)N2CCN(C(c3ccccc3)c3ccccc3)CC2)cs1. The van der Waals surface area contributed by atoms with Gasteiger partial charge in [-0.05, 0) is 29.7 Å².